The van der Waals surface area contributed by atoms with E-state index in [2.05, 4.69) is 5.32 Å². The zero-order valence-electron chi connectivity index (χ0n) is 9.98. The molecule has 2 rings (SSSR count). The first-order valence-corrected chi connectivity index (χ1v) is 6.63. The molecular weight excluding hydrogens is 288 g/mol. The SMILES string of the molecule is CNC(=O)C(OC(N)=O)c1csc2ccc(Cl)cc12. The van der Waals surface area contributed by atoms with Gasteiger partial charge in [0.15, 0.2) is 0 Å². The van der Waals surface area contributed by atoms with E-state index in [4.69, 9.17) is 22.1 Å². The second-order valence-corrected chi connectivity index (χ2v) is 5.11. The summed E-state index contributed by atoms with van der Waals surface area (Å²) >= 11 is 7.38. The molecule has 1 unspecified atom stereocenters. The van der Waals surface area contributed by atoms with Gasteiger partial charge in [-0.05, 0) is 23.6 Å². The van der Waals surface area contributed by atoms with E-state index in [9.17, 15) is 9.59 Å². The smallest absolute Gasteiger partial charge is 0.405 e. The molecule has 2 amide bonds. The summed E-state index contributed by atoms with van der Waals surface area (Å²) in [5, 5.41) is 5.51. The van der Waals surface area contributed by atoms with Gasteiger partial charge in [-0.3, -0.25) is 4.79 Å². The summed E-state index contributed by atoms with van der Waals surface area (Å²) in [4.78, 5) is 22.7. The zero-order chi connectivity index (χ0) is 14.0. The minimum atomic E-state index is -1.07. The molecule has 19 heavy (non-hydrogen) atoms. The standard InChI is InChI=1S/C12H11ClN2O3S/c1-15-11(16)10(18-12(14)17)8-5-19-9-3-2-6(13)4-7(8)9/h2-5,10H,1H3,(H2,14,17)(H,15,16). The molecule has 1 aromatic carbocycles. The minimum absolute atomic E-state index is 0.446. The van der Waals surface area contributed by atoms with Crippen molar-refractivity contribution in [2.75, 3.05) is 7.05 Å². The number of rotatable bonds is 3. The minimum Gasteiger partial charge on any atom is -0.431 e. The van der Waals surface area contributed by atoms with Crippen LogP contribution in [0.4, 0.5) is 4.79 Å². The number of benzene rings is 1. The van der Waals surface area contributed by atoms with E-state index in [0.717, 1.165) is 10.1 Å². The van der Waals surface area contributed by atoms with Gasteiger partial charge in [0.25, 0.3) is 5.91 Å². The van der Waals surface area contributed by atoms with Gasteiger partial charge in [-0.1, -0.05) is 11.6 Å². The van der Waals surface area contributed by atoms with Gasteiger partial charge in [-0.25, -0.2) is 4.79 Å². The van der Waals surface area contributed by atoms with Crippen molar-refractivity contribution in [2.24, 2.45) is 5.73 Å². The Balaban J connectivity index is 2.52. The molecule has 0 radical (unpaired) electrons. The molecule has 0 saturated heterocycles. The number of hydrogen-bond donors (Lipinski definition) is 2. The van der Waals surface area contributed by atoms with E-state index in [-0.39, 0.29) is 0 Å². The van der Waals surface area contributed by atoms with Gasteiger partial charge in [-0.15, -0.1) is 11.3 Å². The Morgan fingerprint density at radius 2 is 2.21 bits per heavy atom. The maximum atomic E-state index is 11.8. The van der Waals surface area contributed by atoms with Crippen LogP contribution in [0.2, 0.25) is 5.02 Å². The normalized spacial score (nSPS) is 12.1. The first kappa shape index (κ1) is 13.6. The average molecular weight is 299 g/mol. The fourth-order valence-corrected chi connectivity index (χ4v) is 2.86. The number of thiophene rings is 1. The van der Waals surface area contributed by atoms with Crippen molar-refractivity contribution in [3.05, 3.63) is 34.2 Å². The van der Waals surface area contributed by atoms with E-state index in [1.165, 1.54) is 18.4 Å². The number of ether oxygens (including phenoxy) is 1. The molecule has 0 aliphatic rings. The van der Waals surface area contributed by atoms with Crippen LogP contribution in [-0.2, 0) is 9.53 Å². The molecule has 0 aliphatic carbocycles. The van der Waals surface area contributed by atoms with Crippen LogP contribution in [0.25, 0.3) is 10.1 Å². The molecule has 0 bridgehead atoms. The third kappa shape index (κ3) is 2.80. The molecule has 3 N–H and O–H groups in total. The number of carbonyl (C=O) groups is 2. The van der Waals surface area contributed by atoms with Crippen LogP contribution in [0.5, 0.6) is 0 Å². The lowest BCUT2D eigenvalue weighted by Gasteiger charge is -2.14. The highest BCUT2D eigenvalue weighted by molar-refractivity contribution is 7.17. The summed E-state index contributed by atoms with van der Waals surface area (Å²) < 4.78 is 5.83. The van der Waals surface area contributed by atoms with Gasteiger partial charge in [0, 0.05) is 27.7 Å². The number of primary amides is 1. The van der Waals surface area contributed by atoms with E-state index < -0.39 is 18.1 Å². The van der Waals surface area contributed by atoms with Crippen molar-refractivity contribution in [3.8, 4) is 0 Å². The van der Waals surface area contributed by atoms with Gasteiger partial charge in [0.05, 0.1) is 0 Å². The molecule has 7 heteroatoms. The number of carbonyl (C=O) groups excluding carboxylic acids is 2. The molecule has 0 aliphatic heterocycles. The van der Waals surface area contributed by atoms with E-state index in [0.29, 0.717) is 10.6 Å². The van der Waals surface area contributed by atoms with Crippen LogP contribution in [0.15, 0.2) is 23.6 Å². The van der Waals surface area contributed by atoms with Crippen LogP contribution in [-0.4, -0.2) is 19.0 Å². The quantitative estimate of drug-likeness (QED) is 0.913. The number of halogens is 1. The Morgan fingerprint density at radius 3 is 2.84 bits per heavy atom. The van der Waals surface area contributed by atoms with Crippen molar-refractivity contribution in [2.45, 2.75) is 6.10 Å². The Morgan fingerprint density at radius 1 is 1.47 bits per heavy atom. The summed E-state index contributed by atoms with van der Waals surface area (Å²) in [5.41, 5.74) is 5.57. The van der Waals surface area contributed by atoms with Crippen LogP contribution >= 0.6 is 22.9 Å². The number of fused-ring (bicyclic) bond motifs is 1. The molecule has 1 atom stereocenters. The summed E-state index contributed by atoms with van der Waals surface area (Å²) in [7, 11) is 1.46. The fourth-order valence-electron chi connectivity index (χ4n) is 1.73. The molecule has 2 aromatic rings. The van der Waals surface area contributed by atoms with Crippen molar-refractivity contribution >= 4 is 45.0 Å². The van der Waals surface area contributed by atoms with E-state index in [1.54, 1.807) is 17.5 Å². The maximum absolute atomic E-state index is 11.8. The van der Waals surface area contributed by atoms with Crippen molar-refractivity contribution in [1.29, 1.82) is 0 Å². The predicted octanol–water partition coefficient (Wildman–Crippen LogP) is 2.44. The molecule has 0 saturated carbocycles. The highest BCUT2D eigenvalue weighted by Crippen LogP contribution is 2.33. The molecule has 0 fully saturated rings. The highest BCUT2D eigenvalue weighted by atomic mass is 35.5. The van der Waals surface area contributed by atoms with E-state index >= 15 is 0 Å². The Kier molecular flexibility index (Phi) is 3.92. The summed E-state index contributed by atoms with van der Waals surface area (Å²) in [5.74, 6) is -0.446. The average Bonchev–Trinajstić information content (AvgIpc) is 2.77. The summed E-state index contributed by atoms with van der Waals surface area (Å²) in [6.07, 6.45) is -2.08. The lowest BCUT2D eigenvalue weighted by atomic mass is 10.1. The van der Waals surface area contributed by atoms with Crippen molar-refractivity contribution < 1.29 is 14.3 Å². The Labute approximate surface area is 118 Å². The van der Waals surface area contributed by atoms with Crippen LogP contribution in [0, 0.1) is 0 Å². The van der Waals surface area contributed by atoms with Crippen LogP contribution < -0.4 is 11.1 Å². The monoisotopic (exact) mass is 298 g/mol. The lowest BCUT2D eigenvalue weighted by Crippen LogP contribution is -2.30. The summed E-state index contributed by atoms with van der Waals surface area (Å²) in [6.45, 7) is 0. The largest absolute Gasteiger partial charge is 0.431 e. The van der Waals surface area contributed by atoms with Gasteiger partial charge < -0.3 is 15.8 Å². The third-order valence-corrected chi connectivity index (χ3v) is 3.78. The fraction of sp³-hybridized carbons (Fsp3) is 0.167. The van der Waals surface area contributed by atoms with Gasteiger partial charge in [0.1, 0.15) is 0 Å². The molecule has 1 aromatic heterocycles. The summed E-state index contributed by atoms with van der Waals surface area (Å²) in [6, 6.07) is 5.33. The number of amides is 2. The predicted molar refractivity (Wildman–Crippen MR) is 74.3 cm³/mol. The second-order valence-electron chi connectivity index (χ2n) is 3.76. The Bertz CT molecular complexity index is 641. The molecule has 100 valence electrons. The molecule has 5 nitrogen and oxygen atoms in total. The highest BCUT2D eigenvalue weighted by Gasteiger charge is 2.26. The second kappa shape index (κ2) is 5.46. The number of nitrogens with one attached hydrogen (secondary N) is 1. The molecular formula is C12H11ClN2O3S. The van der Waals surface area contributed by atoms with Gasteiger partial charge in [0.2, 0.25) is 6.10 Å². The molecule has 0 spiro atoms. The number of nitrogens with two attached hydrogens (primary N) is 1. The first-order valence-electron chi connectivity index (χ1n) is 5.37. The van der Waals surface area contributed by atoms with Gasteiger partial charge in [-0.2, -0.15) is 0 Å². The maximum Gasteiger partial charge on any atom is 0.405 e. The Hall–Kier alpha value is -1.79. The van der Waals surface area contributed by atoms with Crippen molar-refractivity contribution in [3.63, 3.8) is 0 Å². The van der Waals surface area contributed by atoms with E-state index in [1.807, 2.05) is 6.07 Å². The zero-order valence-corrected chi connectivity index (χ0v) is 11.5. The number of hydrogen-bond acceptors (Lipinski definition) is 4. The molecule has 1 heterocycles. The number of likely N-dealkylation sites (N-methyl/N-ethyl adjacent to an activating group) is 1. The van der Waals surface area contributed by atoms with Crippen LogP contribution in [0.3, 0.4) is 0 Å². The lowest BCUT2D eigenvalue weighted by molar-refractivity contribution is -0.129. The van der Waals surface area contributed by atoms with Crippen molar-refractivity contribution in [1.82, 2.24) is 5.32 Å². The third-order valence-electron chi connectivity index (χ3n) is 2.57. The van der Waals surface area contributed by atoms with Crippen LogP contribution in [0.1, 0.15) is 11.7 Å². The topological polar surface area (TPSA) is 81.4 Å². The van der Waals surface area contributed by atoms with Gasteiger partial charge >= 0.3 is 6.09 Å². The first-order chi connectivity index (χ1) is 9.02.